The molecule has 3 N–H and O–H groups in total. The molecule has 1 amide bonds. The Kier molecular flexibility index (Phi) is 10.3. The summed E-state index contributed by atoms with van der Waals surface area (Å²) in [7, 11) is 0. The number of nitrogens with zero attached hydrogens (tertiary/aromatic N) is 1. The molecule has 0 spiro atoms. The summed E-state index contributed by atoms with van der Waals surface area (Å²) in [4.78, 5) is 19.4. The first kappa shape index (κ1) is 32.4. The second-order valence-corrected chi connectivity index (χ2v) is 11.8. The molecule has 0 aromatic heterocycles. The van der Waals surface area contributed by atoms with Gasteiger partial charge in [0.05, 0.1) is 6.61 Å². The number of rotatable bonds is 13. The van der Waals surface area contributed by atoms with Crippen molar-refractivity contribution in [2.24, 2.45) is 4.99 Å². The smallest absolute Gasteiger partial charge is 0.266 e. The van der Waals surface area contributed by atoms with E-state index in [9.17, 15) is 4.79 Å². The van der Waals surface area contributed by atoms with Gasteiger partial charge in [0, 0.05) is 47.2 Å². The number of benzene rings is 4. The van der Waals surface area contributed by atoms with Gasteiger partial charge in [-0.05, 0) is 59.7 Å². The predicted molar refractivity (Wildman–Crippen MR) is 181 cm³/mol. The summed E-state index contributed by atoms with van der Waals surface area (Å²) in [5, 5.41) is 9.88. The Morgan fingerprint density at radius 3 is 2.60 bits per heavy atom. The van der Waals surface area contributed by atoms with Gasteiger partial charge in [0.25, 0.3) is 5.91 Å². The van der Waals surface area contributed by atoms with E-state index >= 15 is 0 Å². The molecule has 9 nitrogen and oxygen atoms in total. The zero-order valence-electron chi connectivity index (χ0n) is 25.3. The lowest BCUT2D eigenvalue weighted by atomic mass is 9.84. The molecular formula is C36H33Cl2N3O6. The maximum Gasteiger partial charge on any atom is 0.266 e. The number of ether oxygens (including phenoxy) is 4. The molecule has 2 heterocycles. The van der Waals surface area contributed by atoms with Crippen LogP contribution in [0.1, 0.15) is 41.2 Å². The number of aliphatic hydroxyl groups is 1. The van der Waals surface area contributed by atoms with Crippen molar-refractivity contribution in [2.45, 2.75) is 31.0 Å². The summed E-state index contributed by atoms with van der Waals surface area (Å²) in [5.74, 6) is 1.84. The van der Waals surface area contributed by atoms with Gasteiger partial charge in [0.2, 0.25) is 12.7 Å². The lowest BCUT2D eigenvalue weighted by Gasteiger charge is -2.30. The third-order valence-corrected chi connectivity index (χ3v) is 8.31. The van der Waals surface area contributed by atoms with Crippen LogP contribution in [0.25, 0.3) is 6.08 Å². The molecule has 0 unspecified atom stereocenters. The number of carbonyl (C=O) groups is 1. The van der Waals surface area contributed by atoms with Gasteiger partial charge in [0.1, 0.15) is 5.75 Å². The Labute approximate surface area is 282 Å². The Morgan fingerprint density at radius 2 is 1.81 bits per heavy atom. The molecule has 0 saturated heterocycles. The van der Waals surface area contributed by atoms with Crippen molar-refractivity contribution in [1.29, 1.82) is 0 Å². The highest BCUT2D eigenvalue weighted by molar-refractivity contribution is 6.35. The highest BCUT2D eigenvalue weighted by atomic mass is 35.5. The Hall–Kier alpha value is -4.54. The van der Waals surface area contributed by atoms with Crippen LogP contribution in [-0.2, 0) is 16.1 Å². The minimum atomic E-state index is -1.46. The van der Waals surface area contributed by atoms with Crippen molar-refractivity contribution in [3.63, 3.8) is 0 Å². The highest BCUT2D eigenvalue weighted by Crippen LogP contribution is 2.45. The summed E-state index contributed by atoms with van der Waals surface area (Å²) in [6, 6.07) is 27.7. The van der Waals surface area contributed by atoms with Crippen LogP contribution < -0.4 is 25.1 Å². The lowest BCUT2D eigenvalue weighted by molar-refractivity contribution is -0.129. The molecule has 0 bridgehead atoms. The molecule has 242 valence electrons. The van der Waals surface area contributed by atoms with Crippen LogP contribution in [0.15, 0.2) is 102 Å². The Balaban J connectivity index is 1.33. The monoisotopic (exact) mass is 673 g/mol. The van der Waals surface area contributed by atoms with Crippen LogP contribution in [-0.4, -0.2) is 42.5 Å². The molecule has 2 atom stereocenters. The summed E-state index contributed by atoms with van der Waals surface area (Å²) in [6.45, 7) is 0.933. The fourth-order valence-corrected chi connectivity index (χ4v) is 5.84. The van der Waals surface area contributed by atoms with E-state index in [2.05, 4.69) is 10.9 Å². The second-order valence-electron chi connectivity index (χ2n) is 11.0. The van der Waals surface area contributed by atoms with Gasteiger partial charge in [-0.1, -0.05) is 77.8 Å². The zero-order chi connectivity index (χ0) is 32.6. The highest BCUT2D eigenvalue weighted by Gasteiger charge is 2.53. The molecule has 2 aliphatic heterocycles. The second kappa shape index (κ2) is 14.9. The van der Waals surface area contributed by atoms with Gasteiger partial charge in [-0.15, -0.1) is 0 Å². The molecule has 0 saturated carbocycles. The molecule has 2 aliphatic rings. The van der Waals surface area contributed by atoms with E-state index in [0.29, 0.717) is 58.0 Å². The van der Waals surface area contributed by atoms with Crippen LogP contribution >= 0.6 is 23.2 Å². The quantitative estimate of drug-likeness (QED) is 0.107. The molecule has 0 fully saturated rings. The first-order valence-corrected chi connectivity index (χ1v) is 15.9. The maximum atomic E-state index is 14.4. The van der Waals surface area contributed by atoms with Crippen molar-refractivity contribution in [3.05, 3.63) is 129 Å². The van der Waals surface area contributed by atoms with Crippen molar-refractivity contribution in [2.75, 3.05) is 20.0 Å². The lowest BCUT2D eigenvalue weighted by Crippen LogP contribution is -2.52. The van der Waals surface area contributed by atoms with Gasteiger partial charge >= 0.3 is 0 Å². The average Bonchev–Trinajstić information content (AvgIpc) is 3.71. The Morgan fingerprint density at radius 1 is 1.00 bits per heavy atom. The first-order chi connectivity index (χ1) is 22.9. The van der Waals surface area contributed by atoms with E-state index in [1.807, 2.05) is 72.8 Å². The Bertz CT molecular complexity index is 1770. The molecular weight excluding hydrogens is 641 g/mol. The van der Waals surface area contributed by atoms with E-state index in [1.165, 1.54) is 0 Å². The van der Waals surface area contributed by atoms with Gasteiger partial charge in [-0.3, -0.25) is 10.2 Å². The first-order valence-electron chi connectivity index (χ1n) is 15.1. The molecule has 0 radical (unpaired) electrons. The third-order valence-electron chi connectivity index (χ3n) is 7.75. The normalized spacial score (nSPS) is 18.2. The number of aliphatic hydroxyl groups excluding tert-OH is 1. The number of carbonyl (C=O) groups excluding carboxylic acids is 1. The van der Waals surface area contributed by atoms with Crippen LogP contribution in [0, 0.1) is 0 Å². The van der Waals surface area contributed by atoms with Crippen molar-refractivity contribution in [3.8, 4) is 17.2 Å². The van der Waals surface area contributed by atoms with Gasteiger partial charge in [0.15, 0.2) is 23.1 Å². The van der Waals surface area contributed by atoms with Crippen LogP contribution in [0.2, 0.25) is 10.0 Å². The topological polar surface area (TPSA) is 111 Å². The van der Waals surface area contributed by atoms with E-state index in [1.54, 1.807) is 30.3 Å². The van der Waals surface area contributed by atoms with E-state index in [-0.39, 0.29) is 25.7 Å². The molecule has 4 aromatic rings. The number of nitrogens with one attached hydrogen (secondary N) is 2. The largest absolute Gasteiger partial charge is 0.494 e. The van der Waals surface area contributed by atoms with Crippen LogP contribution in [0.3, 0.4) is 0 Å². The number of halogens is 2. The molecule has 47 heavy (non-hydrogen) atoms. The minimum absolute atomic E-state index is 0.0474. The standard InChI is InChI=1S/C36H33Cl2N3O6/c37-27-12-15-29(30(38)21-27)33-36(17-4-8-24-6-2-1-3-7-24,35(43)41-39-22-25-9-16-31-32(20-25)46-23-45-31)40-34(47-33)26-10-13-28(14-11-26)44-19-5-18-42/h1-4,6-16,20-21,33,39,42H,5,17-19,22-23H2,(H,41,43)/b8-4+/t33-,36-/m0/s1. The molecule has 11 heteroatoms. The number of fused-ring (bicyclic) bond motifs is 1. The number of aliphatic imine (C=N–C) groups is 1. The third kappa shape index (κ3) is 7.55. The van der Waals surface area contributed by atoms with E-state index in [0.717, 1.165) is 11.1 Å². The minimum Gasteiger partial charge on any atom is -0.494 e. The summed E-state index contributed by atoms with van der Waals surface area (Å²) in [6.07, 6.45) is 3.68. The average molecular weight is 675 g/mol. The van der Waals surface area contributed by atoms with E-state index < -0.39 is 17.6 Å². The van der Waals surface area contributed by atoms with Gasteiger partial charge in [-0.2, -0.15) is 0 Å². The number of hydrogen-bond acceptors (Lipinski definition) is 8. The number of hydrazine groups is 1. The molecule has 0 aliphatic carbocycles. The maximum absolute atomic E-state index is 14.4. The van der Waals surface area contributed by atoms with E-state index in [4.69, 9.17) is 52.2 Å². The summed E-state index contributed by atoms with van der Waals surface area (Å²) in [5.41, 5.74) is 7.56. The zero-order valence-corrected chi connectivity index (χ0v) is 26.8. The fourth-order valence-electron chi connectivity index (χ4n) is 5.33. The SMILES string of the molecule is O=C(NNCc1ccc2c(c1)OCO2)[C@@]1(C/C=C/c2ccccc2)N=C(c2ccc(OCCCO)cc2)O[C@H]1c1ccc(Cl)cc1Cl. The fraction of sp³-hybridized carbons (Fsp3) is 0.222. The van der Waals surface area contributed by atoms with Gasteiger partial charge in [-0.25, -0.2) is 10.4 Å². The van der Waals surface area contributed by atoms with Crippen molar-refractivity contribution in [1.82, 2.24) is 10.9 Å². The predicted octanol–water partition coefficient (Wildman–Crippen LogP) is 6.66. The summed E-state index contributed by atoms with van der Waals surface area (Å²) < 4.78 is 23.1. The summed E-state index contributed by atoms with van der Waals surface area (Å²) >= 11 is 13.0. The van der Waals surface area contributed by atoms with Crippen LogP contribution in [0.5, 0.6) is 17.2 Å². The molecule has 6 rings (SSSR count). The number of hydrogen-bond donors (Lipinski definition) is 3. The van der Waals surface area contributed by atoms with Crippen molar-refractivity contribution < 1.29 is 28.8 Å². The van der Waals surface area contributed by atoms with Crippen molar-refractivity contribution >= 4 is 41.1 Å². The number of amides is 1. The molecule has 4 aromatic carbocycles. The van der Waals surface area contributed by atoms with Gasteiger partial charge < -0.3 is 24.1 Å². The van der Waals surface area contributed by atoms with Crippen LogP contribution in [0.4, 0.5) is 0 Å².